The van der Waals surface area contributed by atoms with Crippen LogP contribution in [0.4, 0.5) is 0 Å². The first-order valence-electron chi connectivity index (χ1n) is 5.57. The number of aliphatic hydroxyl groups is 1. The molecule has 0 fully saturated rings. The Balaban J connectivity index is 3.61. The molecule has 0 aromatic heterocycles. The van der Waals surface area contributed by atoms with Gasteiger partial charge in [-0.25, -0.2) is 0 Å². The fourth-order valence-corrected chi connectivity index (χ4v) is 1.52. The molecule has 3 unspecified atom stereocenters. The van der Waals surface area contributed by atoms with Crippen molar-refractivity contribution in [3.8, 4) is 0 Å². The number of amides is 1. The summed E-state index contributed by atoms with van der Waals surface area (Å²) in [6.07, 6.45) is 1.04. The van der Waals surface area contributed by atoms with E-state index >= 15 is 0 Å². The van der Waals surface area contributed by atoms with Crippen molar-refractivity contribution >= 4 is 5.91 Å². The van der Waals surface area contributed by atoms with Crippen LogP contribution >= 0.6 is 0 Å². The maximum atomic E-state index is 11.1. The average molecular weight is 216 g/mol. The maximum Gasteiger partial charge on any atom is 0.221 e. The van der Waals surface area contributed by atoms with E-state index in [-0.39, 0.29) is 18.1 Å². The predicted molar refractivity (Wildman–Crippen MR) is 61.6 cm³/mol. The Hall–Kier alpha value is -0.610. The van der Waals surface area contributed by atoms with E-state index in [1.807, 2.05) is 6.92 Å². The number of rotatable bonds is 7. The van der Waals surface area contributed by atoms with Gasteiger partial charge in [0, 0.05) is 19.5 Å². The molecular formula is C11H24N2O2. The molecule has 0 aliphatic carbocycles. The smallest absolute Gasteiger partial charge is 0.221 e. The van der Waals surface area contributed by atoms with Gasteiger partial charge in [0.2, 0.25) is 5.91 Å². The number of aliphatic hydroxyl groups excluding tert-OH is 1. The van der Waals surface area contributed by atoms with Gasteiger partial charge in [-0.1, -0.05) is 6.92 Å². The topological polar surface area (TPSA) is 61.4 Å². The van der Waals surface area contributed by atoms with Gasteiger partial charge < -0.3 is 15.7 Å². The normalized spacial score (nSPS) is 16.9. The highest BCUT2D eigenvalue weighted by molar-refractivity contribution is 5.76. The van der Waals surface area contributed by atoms with Gasteiger partial charge in [-0.05, 0) is 32.7 Å². The standard InChI is InChI=1S/C11H24N2O2/c1-8(5-10(3)14)7-13-9(2)6-11(15)12-4/h8-10,13-14H,5-7H2,1-4H3,(H,12,15). The Morgan fingerprint density at radius 3 is 2.40 bits per heavy atom. The number of carbonyl (C=O) groups excluding carboxylic acids is 1. The van der Waals surface area contributed by atoms with Crippen molar-refractivity contribution in [1.29, 1.82) is 0 Å². The molecule has 0 bridgehead atoms. The van der Waals surface area contributed by atoms with Crippen LogP contribution in [0.3, 0.4) is 0 Å². The van der Waals surface area contributed by atoms with Crippen molar-refractivity contribution in [1.82, 2.24) is 10.6 Å². The first-order chi connectivity index (χ1) is 6.95. The van der Waals surface area contributed by atoms with E-state index in [9.17, 15) is 9.90 Å². The van der Waals surface area contributed by atoms with Gasteiger partial charge in [-0.3, -0.25) is 4.79 Å². The maximum absolute atomic E-state index is 11.1. The molecule has 0 rings (SSSR count). The van der Waals surface area contributed by atoms with Crippen LogP contribution in [0.25, 0.3) is 0 Å². The summed E-state index contributed by atoms with van der Waals surface area (Å²) in [4.78, 5) is 11.1. The average Bonchev–Trinajstić information content (AvgIpc) is 2.13. The van der Waals surface area contributed by atoms with Crippen LogP contribution in [0.15, 0.2) is 0 Å². The summed E-state index contributed by atoms with van der Waals surface area (Å²) in [5, 5.41) is 15.1. The highest BCUT2D eigenvalue weighted by Crippen LogP contribution is 2.04. The zero-order valence-corrected chi connectivity index (χ0v) is 10.2. The minimum Gasteiger partial charge on any atom is -0.393 e. The summed E-state index contributed by atoms with van der Waals surface area (Å²) in [6.45, 7) is 6.71. The lowest BCUT2D eigenvalue weighted by molar-refractivity contribution is -0.121. The van der Waals surface area contributed by atoms with E-state index < -0.39 is 0 Å². The molecule has 0 radical (unpaired) electrons. The number of hydrogen-bond acceptors (Lipinski definition) is 3. The molecule has 0 aromatic carbocycles. The van der Waals surface area contributed by atoms with E-state index in [2.05, 4.69) is 17.6 Å². The monoisotopic (exact) mass is 216 g/mol. The minimum atomic E-state index is -0.254. The fraction of sp³-hybridized carbons (Fsp3) is 0.909. The van der Waals surface area contributed by atoms with E-state index in [1.54, 1.807) is 14.0 Å². The third-order valence-corrected chi connectivity index (χ3v) is 2.33. The number of carbonyl (C=O) groups is 1. The molecule has 4 heteroatoms. The minimum absolute atomic E-state index is 0.0539. The molecule has 0 spiro atoms. The van der Waals surface area contributed by atoms with Crippen LogP contribution < -0.4 is 10.6 Å². The Labute approximate surface area is 92.4 Å². The second-order valence-electron chi connectivity index (χ2n) is 4.38. The second-order valence-corrected chi connectivity index (χ2v) is 4.38. The van der Waals surface area contributed by atoms with E-state index in [0.717, 1.165) is 13.0 Å². The third kappa shape index (κ3) is 8.39. The van der Waals surface area contributed by atoms with Crippen molar-refractivity contribution < 1.29 is 9.90 Å². The molecule has 4 nitrogen and oxygen atoms in total. The molecule has 0 saturated carbocycles. The summed E-state index contributed by atoms with van der Waals surface area (Å²) >= 11 is 0. The van der Waals surface area contributed by atoms with Crippen LogP contribution in [-0.4, -0.2) is 36.8 Å². The van der Waals surface area contributed by atoms with Crippen LogP contribution in [0, 0.1) is 5.92 Å². The predicted octanol–water partition coefficient (Wildman–Crippen LogP) is 0.508. The Morgan fingerprint density at radius 2 is 1.93 bits per heavy atom. The molecule has 3 N–H and O–H groups in total. The van der Waals surface area contributed by atoms with Crippen molar-refractivity contribution in [2.75, 3.05) is 13.6 Å². The first-order valence-corrected chi connectivity index (χ1v) is 5.57. The van der Waals surface area contributed by atoms with Gasteiger partial charge in [0.05, 0.1) is 6.10 Å². The van der Waals surface area contributed by atoms with Gasteiger partial charge in [-0.2, -0.15) is 0 Å². The van der Waals surface area contributed by atoms with Gasteiger partial charge in [-0.15, -0.1) is 0 Å². The van der Waals surface area contributed by atoms with Gasteiger partial charge in [0.25, 0.3) is 0 Å². The van der Waals surface area contributed by atoms with Gasteiger partial charge >= 0.3 is 0 Å². The summed E-state index contributed by atoms with van der Waals surface area (Å²) < 4.78 is 0. The van der Waals surface area contributed by atoms with Crippen LogP contribution in [0.5, 0.6) is 0 Å². The van der Waals surface area contributed by atoms with Gasteiger partial charge in [0.1, 0.15) is 0 Å². The lowest BCUT2D eigenvalue weighted by Gasteiger charge is -2.18. The number of hydrogen-bond donors (Lipinski definition) is 3. The van der Waals surface area contributed by atoms with E-state index in [4.69, 9.17) is 0 Å². The van der Waals surface area contributed by atoms with Crippen LogP contribution in [0.2, 0.25) is 0 Å². The van der Waals surface area contributed by atoms with E-state index in [0.29, 0.717) is 12.3 Å². The molecule has 0 aliphatic rings. The SMILES string of the molecule is CNC(=O)CC(C)NCC(C)CC(C)O. The molecule has 1 amide bonds. The third-order valence-electron chi connectivity index (χ3n) is 2.33. The molecular weight excluding hydrogens is 192 g/mol. The summed E-state index contributed by atoms with van der Waals surface area (Å²) in [7, 11) is 1.64. The first kappa shape index (κ1) is 14.4. The van der Waals surface area contributed by atoms with Crippen molar-refractivity contribution in [2.45, 2.75) is 45.8 Å². The quantitative estimate of drug-likeness (QED) is 0.581. The zero-order chi connectivity index (χ0) is 11.8. The fourth-order valence-electron chi connectivity index (χ4n) is 1.52. The second kappa shape index (κ2) is 7.65. The molecule has 0 heterocycles. The zero-order valence-electron chi connectivity index (χ0n) is 10.2. The van der Waals surface area contributed by atoms with E-state index in [1.165, 1.54) is 0 Å². The summed E-state index contributed by atoms with van der Waals surface area (Å²) in [5.74, 6) is 0.482. The van der Waals surface area contributed by atoms with Crippen molar-refractivity contribution in [3.05, 3.63) is 0 Å². The lowest BCUT2D eigenvalue weighted by atomic mass is 10.0. The summed E-state index contributed by atoms with van der Waals surface area (Å²) in [6, 6.07) is 0.182. The van der Waals surface area contributed by atoms with Crippen LogP contribution in [0.1, 0.15) is 33.6 Å². The van der Waals surface area contributed by atoms with Crippen molar-refractivity contribution in [3.63, 3.8) is 0 Å². The molecule has 90 valence electrons. The summed E-state index contributed by atoms with van der Waals surface area (Å²) in [5.41, 5.74) is 0. The largest absolute Gasteiger partial charge is 0.393 e. The molecule has 0 aromatic rings. The molecule has 0 aliphatic heterocycles. The van der Waals surface area contributed by atoms with Gasteiger partial charge in [0.15, 0.2) is 0 Å². The highest BCUT2D eigenvalue weighted by atomic mass is 16.3. The number of nitrogens with one attached hydrogen (secondary N) is 2. The Kier molecular flexibility index (Phi) is 7.34. The Bertz CT molecular complexity index is 183. The van der Waals surface area contributed by atoms with Crippen LogP contribution in [-0.2, 0) is 4.79 Å². The molecule has 0 saturated heterocycles. The molecule has 3 atom stereocenters. The molecule has 15 heavy (non-hydrogen) atoms. The Morgan fingerprint density at radius 1 is 1.33 bits per heavy atom. The van der Waals surface area contributed by atoms with Crippen molar-refractivity contribution in [2.24, 2.45) is 5.92 Å². The highest BCUT2D eigenvalue weighted by Gasteiger charge is 2.10. The lowest BCUT2D eigenvalue weighted by Crippen LogP contribution is -2.35.